The Balaban J connectivity index is 1.74. The minimum Gasteiger partial charge on any atom is -0.465 e. The maximum atomic E-state index is 13.1. The molecule has 128 valence electrons. The molecular formula is C18H16FN3O2S. The second kappa shape index (κ2) is 7.48. The number of hydrogen-bond donors (Lipinski definition) is 0. The lowest BCUT2D eigenvalue weighted by Crippen LogP contribution is -2.01. The molecule has 0 N–H and O–H groups in total. The molecule has 0 spiro atoms. The molecule has 0 unspecified atom stereocenters. The molecule has 0 fully saturated rings. The predicted molar refractivity (Wildman–Crippen MR) is 93.7 cm³/mol. The molecule has 0 aliphatic heterocycles. The molecule has 0 radical (unpaired) electrons. The topological polar surface area (TPSA) is 57.0 Å². The molecule has 5 nitrogen and oxygen atoms in total. The van der Waals surface area contributed by atoms with Crippen molar-refractivity contribution in [1.29, 1.82) is 0 Å². The fraction of sp³-hybridized carbons (Fsp3) is 0.167. The number of ether oxygens (including phenoxy) is 1. The number of carbonyl (C=O) groups is 1. The number of rotatable bonds is 5. The van der Waals surface area contributed by atoms with E-state index in [4.69, 9.17) is 4.74 Å². The average molecular weight is 357 g/mol. The first-order chi connectivity index (χ1) is 12.1. The third kappa shape index (κ3) is 3.88. The van der Waals surface area contributed by atoms with Gasteiger partial charge in [0.05, 0.1) is 12.7 Å². The van der Waals surface area contributed by atoms with E-state index in [9.17, 15) is 9.18 Å². The van der Waals surface area contributed by atoms with Crippen LogP contribution in [0.3, 0.4) is 0 Å². The normalized spacial score (nSPS) is 10.7. The summed E-state index contributed by atoms with van der Waals surface area (Å²) in [5.74, 6) is 0.668. The summed E-state index contributed by atoms with van der Waals surface area (Å²) in [5, 5.41) is 9.12. The summed E-state index contributed by atoms with van der Waals surface area (Å²) in [6.07, 6.45) is 0. The van der Waals surface area contributed by atoms with Gasteiger partial charge in [-0.05, 0) is 42.0 Å². The zero-order valence-electron chi connectivity index (χ0n) is 13.8. The fourth-order valence-electron chi connectivity index (χ4n) is 2.34. The highest BCUT2D eigenvalue weighted by Gasteiger charge is 2.12. The first-order valence-electron chi connectivity index (χ1n) is 7.54. The van der Waals surface area contributed by atoms with E-state index in [1.54, 1.807) is 24.3 Å². The van der Waals surface area contributed by atoms with Crippen LogP contribution >= 0.6 is 11.8 Å². The zero-order valence-corrected chi connectivity index (χ0v) is 14.6. The number of halogens is 1. The van der Waals surface area contributed by atoms with Gasteiger partial charge in [-0.15, -0.1) is 10.2 Å². The molecule has 1 heterocycles. The predicted octanol–water partition coefficient (Wildman–Crippen LogP) is 3.70. The number of hydrogen-bond acceptors (Lipinski definition) is 5. The van der Waals surface area contributed by atoms with Crippen LogP contribution in [0, 0.1) is 5.82 Å². The largest absolute Gasteiger partial charge is 0.465 e. The Morgan fingerprint density at radius 1 is 1.20 bits per heavy atom. The van der Waals surface area contributed by atoms with E-state index in [0.717, 1.165) is 16.3 Å². The Labute approximate surface area is 148 Å². The minimum atomic E-state index is -0.357. The van der Waals surface area contributed by atoms with E-state index in [1.807, 2.05) is 23.7 Å². The molecule has 0 amide bonds. The summed E-state index contributed by atoms with van der Waals surface area (Å²) < 4.78 is 19.6. The molecule has 0 saturated heterocycles. The van der Waals surface area contributed by atoms with E-state index >= 15 is 0 Å². The Morgan fingerprint density at radius 3 is 2.68 bits per heavy atom. The minimum absolute atomic E-state index is 0.286. The maximum absolute atomic E-state index is 13.1. The molecule has 0 aliphatic rings. The molecular weight excluding hydrogens is 341 g/mol. The lowest BCUT2D eigenvalue weighted by atomic mass is 10.1. The first-order valence-corrected chi connectivity index (χ1v) is 8.52. The van der Waals surface area contributed by atoms with Crippen LogP contribution in [0.1, 0.15) is 15.9 Å². The van der Waals surface area contributed by atoms with E-state index in [-0.39, 0.29) is 11.8 Å². The lowest BCUT2D eigenvalue weighted by molar-refractivity contribution is 0.0600. The molecule has 0 bridgehead atoms. The van der Waals surface area contributed by atoms with E-state index < -0.39 is 0 Å². The van der Waals surface area contributed by atoms with Gasteiger partial charge in [-0.25, -0.2) is 9.18 Å². The lowest BCUT2D eigenvalue weighted by Gasteiger charge is -2.05. The average Bonchev–Trinajstić information content (AvgIpc) is 3.01. The summed E-state index contributed by atoms with van der Waals surface area (Å²) in [7, 11) is 3.23. The van der Waals surface area contributed by atoms with Crippen LogP contribution in [0.15, 0.2) is 53.7 Å². The van der Waals surface area contributed by atoms with Crippen LogP contribution in [0.25, 0.3) is 11.4 Å². The molecule has 3 aromatic rings. The molecule has 0 atom stereocenters. The van der Waals surface area contributed by atoms with Gasteiger partial charge in [-0.1, -0.05) is 23.9 Å². The highest BCUT2D eigenvalue weighted by atomic mass is 32.2. The van der Waals surface area contributed by atoms with Gasteiger partial charge in [-0.3, -0.25) is 0 Å². The monoisotopic (exact) mass is 357 g/mol. The number of carbonyl (C=O) groups excluding carboxylic acids is 1. The van der Waals surface area contributed by atoms with Crippen LogP contribution in [0.4, 0.5) is 4.39 Å². The van der Waals surface area contributed by atoms with Crippen LogP contribution in [0.5, 0.6) is 0 Å². The standard InChI is InChI=1S/C18H16FN3O2S/c1-22-16(13-6-8-15(19)9-7-13)20-21-18(22)25-11-12-4-3-5-14(10-12)17(23)24-2/h3-10H,11H2,1-2H3. The maximum Gasteiger partial charge on any atom is 0.337 e. The van der Waals surface area contributed by atoms with Gasteiger partial charge < -0.3 is 9.30 Å². The van der Waals surface area contributed by atoms with Crippen LogP contribution in [-0.2, 0) is 17.5 Å². The van der Waals surface area contributed by atoms with Crippen LogP contribution < -0.4 is 0 Å². The SMILES string of the molecule is COC(=O)c1cccc(CSc2nnc(-c3ccc(F)cc3)n2C)c1. The summed E-state index contributed by atoms with van der Waals surface area (Å²) in [6, 6.07) is 13.4. The molecule has 7 heteroatoms. The van der Waals surface area contributed by atoms with Gasteiger partial charge in [0.2, 0.25) is 0 Å². The number of esters is 1. The molecule has 25 heavy (non-hydrogen) atoms. The fourth-order valence-corrected chi connectivity index (χ4v) is 3.20. The summed E-state index contributed by atoms with van der Waals surface area (Å²) >= 11 is 1.51. The highest BCUT2D eigenvalue weighted by molar-refractivity contribution is 7.98. The molecule has 0 aliphatic carbocycles. The summed E-state index contributed by atoms with van der Waals surface area (Å²) in [6.45, 7) is 0. The van der Waals surface area contributed by atoms with Gasteiger partial charge in [-0.2, -0.15) is 0 Å². The van der Waals surface area contributed by atoms with Gasteiger partial charge in [0.1, 0.15) is 5.82 Å². The van der Waals surface area contributed by atoms with Crippen LogP contribution in [0.2, 0.25) is 0 Å². The first kappa shape index (κ1) is 17.2. The number of nitrogens with zero attached hydrogens (tertiary/aromatic N) is 3. The smallest absolute Gasteiger partial charge is 0.337 e. The van der Waals surface area contributed by atoms with Gasteiger partial charge in [0, 0.05) is 18.4 Å². The van der Waals surface area contributed by atoms with Crippen molar-refractivity contribution in [3.05, 3.63) is 65.5 Å². The summed E-state index contributed by atoms with van der Waals surface area (Å²) in [5.41, 5.74) is 2.31. The number of thioether (sulfide) groups is 1. The Hall–Kier alpha value is -2.67. The van der Waals surface area contributed by atoms with Gasteiger partial charge >= 0.3 is 5.97 Å². The molecule has 0 saturated carbocycles. The van der Waals surface area contributed by atoms with Crippen LogP contribution in [-0.4, -0.2) is 27.8 Å². The number of benzene rings is 2. The van der Waals surface area contributed by atoms with E-state index in [0.29, 0.717) is 17.1 Å². The van der Waals surface area contributed by atoms with Crippen molar-refractivity contribution in [2.24, 2.45) is 7.05 Å². The van der Waals surface area contributed by atoms with Gasteiger partial charge in [0.15, 0.2) is 11.0 Å². The Bertz CT molecular complexity index is 894. The quantitative estimate of drug-likeness (QED) is 0.515. The van der Waals surface area contributed by atoms with Gasteiger partial charge in [0.25, 0.3) is 0 Å². The van der Waals surface area contributed by atoms with Crippen molar-refractivity contribution >= 4 is 17.7 Å². The highest BCUT2D eigenvalue weighted by Crippen LogP contribution is 2.25. The zero-order chi connectivity index (χ0) is 17.8. The number of methoxy groups -OCH3 is 1. The van der Waals surface area contributed by atoms with Crippen molar-refractivity contribution in [3.8, 4) is 11.4 Å². The van der Waals surface area contributed by atoms with Crippen molar-refractivity contribution < 1.29 is 13.9 Å². The second-order valence-electron chi connectivity index (χ2n) is 5.35. The second-order valence-corrected chi connectivity index (χ2v) is 6.30. The number of aromatic nitrogens is 3. The Morgan fingerprint density at radius 2 is 1.96 bits per heavy atom. The summed E-state index contributed by atoms with van der Waals surface area (Å²) in [4.78, 5) is 11.6. The van der Waals surface area contributed by atoms with Crippen molar-refractivity contribution in [2.45, 2.75) is 10.9 Å². The van der Waals surface area contributed by atoms with Crippen molar-refractivity contribution in [3.63, 3.8) is 0 Å². The van der Waals surface area contributed by atoms with E-state index in [2.05, 4.69) is 10.2 Å². The molecule has 1 aromatic heterocycles. The third-order valence-electron chi connectivity index (χ3n) is 3.65. The third-order valence-corrected chi connectivity index (χ3v) is 4.74. The van der Waals surface area contributed by atoms with E-state index in [1.165, 1.54) is 31.0 Å². The Kier molecular flexibility index (Phi) is 5.14. The van der Waals surface area contributed by atoms with Crippen molar-refractivity contribution in [2.75, 3.05) is 7.11 Å². The molecule has 3 rings (SSSR count). The molecule has 2 aromatic carbocycles. The van der Waals surface area contributed by atoms with Crippen molar-refractivity contribution in [1.82, 2.24) is 14.8 Å².